The Kier molecular flexibility index (Phi) is 4.38. The molecule has 8 nitrogen and oxygen atoms in total. The normalized spacial score (nSPS) is 14.4. The van der Waals surface area contributed by atoms with Gasteiger partial charge in [-0.3, -0.25) is 19.5 Å². The van der Waals surface area contributed by atoms with Gasteiger partial charge in [0.1, 0.15) is 5.82 Å². The number of halogens is 1. The van der Waals surface area contributed by atoms with Crippen molar-refractivity contribution in [1.29, 1.82) is 0 Å². The van der Waals surface area contributed by atoms with Gasteiger partial charge in [-0.1, -0.05) is 15.9 Å². The number of ether oxygens (including phenoxy) is 1. The van der Waals surface area contributed by atoms with Crippen LogP contribution in [-0.4, -0.2) is 26.7 Å². The van der Waals surface area contributed by atoms with Gasteiger partial charge in [0.15, 0.2) is 11.5 Å². The number of phenolic OH excluding ortho intramolecular Hbond substituents is 1. The van der Waals surface area contributed by atoms with E-state index in [2.05, 4.69) is 20.9 Å². The van der Waals surface area contributed by atoms with Crippen molar-refractivity contribution in [1.82, 2.24) is 9.55 Å². The molecule has 0 amide bonds. The van der Waals surface area contributed by atoms with E-state index in [-0.39, 0.29) is 22.4 Å². The number of nitro groups is 1. The van der Waals surface area contributed by atoms with Crippen molar-refractivity contribution in [3.05, 3.63) is 66.7 Å². The van der Waals surface area contributed by atoms with Gasteiger partial charge in [-0.2, -0.15) is 0 Å². The Morgan fingerprint density at radius 1 is 1.36 bits per heavy atom. The van der Waals surface area contributed by atoms with Crippen molar-refractivity contribution in [3.8, 4) is 11.5 Å². The van der Waals surface area contributed by atoms with Gasteiger partial charge >= 0.3 is 0 Å². The summed E-state index contributed by atoms with van der Waals surface area (Å²) in [6, 6.07) is 7.33. The van der Waals surface area contributed by atoms with Gasteiger partial charge < -0.3 is 9.84 Å². The zero-order valence-electron chi connectivity index (χ0n) is 14.7. The molecule has 142 valence electrons. The number of nitrogens with zero attached hydrogens (tertiary/aromatic N) is 3. The fraction of sp³-hybridized carbons (Fsp3) is 0.158. The summed E-state index contributed by atoms with van der Waals surface area (Å²) in [4.78, 5) is 27.8. The molecule has 0 radical (unpaired) electrons. The van der Waals surface area contributed by atoms with Gasteiger partial charge in [-0.25, -0.2) is 4.98 Å². The largest absolute Gasteiger partial charge is 0.504 e. The van der Waals surface area contributed by atoms with Crippen LogP contribution < -0.4 is 10.3 Å². The molecule has 0 saturated heterocycles. The molecule has 2 aromatic carbocycles. The van der Waals surface area contributed by atoms with Crippen LogP contribution in [0.15, 0.2) is 39.6 Å². The highest BCUT2D eigenvalue weighted by atomic mass is 79.9. The maximum atomic E-state index is 12.8. The first-order valence-corrected chi connectivity index (χ1v) is 9.15. The number of methoxy groups -OCH3 is 1. The SMILES string of the molecule is COc1cc(/C=C2\CCn3c2nc2ccc([N+](=O)[O-])cc2c3=O)c(Br)cc1O. The second-order valence-corrected chi connectivity index (χ2v) is 7.17. The first-order valence-electron chi connectivity index (χ1n) is 8.35. The lowest BCUT2D eigenvalue weighted by Crippen LogP contribution is -2.20. The van der Waals surface area contributed by atoms with Crippen molar-refractivity contribution in [2.24, 2.45) is 0 Å². The highest BCUT2D eigenvalue weighted by molar-refractivity contribution is 9.10. The molecule has 0 aliphatic carbocycles. The van der Waals surface area contributed by atoms with Crippen LogP contribution >= 0.6 is 15.9 Å². The third kappa shape index (κ3) is 2.93. The molecule has 0 bridgehead atoms. The molecule has 3 aromatic rings. The molecule has 2 heterocycles. The molecule has 0 spiro atoms. The second-order valence-electron chi connectivity index (χ2n) is 6.32. The predicted molar refractivity (Wildman–Crippen MR) is 108 cm³/mol. The maximum Gasteiger partial charge on any atom is 0.270 e. The lowest BCUT2D eigenvalue weighted by molar-refractivity contribution is -0.384. The number of nitro benzene ring substituents is 1. The molecule has 0 atom stereocenters. The summed E-state index contributed by atoms with van der Waals surface area (Å²) in [7, 11) is 1.47. The summed E-state index contributed by atoms with van der Waals surface area (Å²) in [5, 5.41) is 21.1. The topological polar surface area (TPSA) is 107 Å². The summed E-state index contributed by atoms with van der Waals surface area (Å²) >= 11 is 3.42. The summed E-state index contributed by atoms with van der Waals surface area (Å²) in [6.45, 7) is 0.443. The number of aromatic nitrogens is 2. The molecule has 1 aliphatic heterocycles. The number of fused-ring (bicyclic) bond motifs is 2. The summed E-state index contributed by atoms with van der Waals surface area (Å²) in [5.41, 5.74) is 1.61. The van der Waals surface area contributed by atoms with Crippen LogP contribution in [0.4, 0.5) is 5.69 Å². The zero-order valence-corrected chi connectivity index (χ0v) is 16.3. The van der Waals surface area contributed by atoms with Gasteiger partial charge in [0.05, 0.1) is 22.9 Å². The lowest BCUT2D eigenvalue weighted by Gasteiger charge is -2.08. The number of hydrogen-bond acceptors (Lipinski definition) is 6. The number of non-ortho nitro benzene ring substituents is 1. The number of rotatable bonds is 3. The molecule has 0 unspecified atom stereocenters. The minimum absolute atomic E-state index is 0.0188. The van der Waals surface area contributed by atoms with E-state index >= 15 is 0 Å². The maximum absolute atomic E-state index is 12.8. The molecule has 1 aliphatic rings. The Hall–Kier alpha value is -3.20. The fourth-order valence-corrected chi connectivity index (χ4v) is 3.72. The van der Waals surface area contributed by atoms with Crippen molar-refractivity contribution < 1.29 is 14.8 Å². The van der Waals surface area contributed by atoms with Gasteiger partial charge in [0, 0.05) is 23.2 Å². The van der Waals surface area contributed by atoms with E-state index in [1.807, 2.05) is 6.08 Å². The first-order chi connectivity index (χ1) is 13.4. The van der Waals surface area contributed by atoms with Gasteiger partial charge in [0.25, 0.3) is 11.2 Å². The summed E-state index contributed by atoms with van der Waals surface area (Å²) in [6.07, 6.45) is 2.48. The Morgan fingerprint density at radius 3 is 2.86 bits per heavy atom. The van der Waals surface area contributed by atoms with E-state index in [4.69, 9.17) is 4.74 Å². The highest BCUT2D eigenvalue weighted by Crippen LogP contribution is 2.36. The van der Waals surface area contributed by atoms with E-state index in [9.17, 15) is 20.0 Å². The first kappa shape index (κ1) is 18.2. The van der Waals surface area contributed by atoms with Crippen LogP contribution in [0.25, 0.3) is 22.6 Å². The summed E-state index contributed by atoms with van der Waals surface area (Å²) in [5.74, 6) is 0.889. The molecular formula is C19H14BrN3O5. The van der Waals surface area contributed by atoms with Crippen LogP contribution in [0.1, 0.15) is 17.8 Å². The van der Waals surface area contributed by atoms with Crippen LogP contribution in [-0.2, 0) is 6.54 Å². The van der Waals surface area contributed by atoms with Crippen LogP contribution in [0.2, 0.25) is 0 Å². The number of allylic oxidation sites excluding steroid dienone is 1. The van der Waals surface area contributed by atoms with E-state index in [0.29, 0.717) is 34.5 Å². The average molecular weight is 444 g/mol. The predicted octanol–water partition coefficient (Wildman–Crippen LogP) is 3.73. The Balaban J connectivity index is 1.87. The minimum atomic E-state index is -0.530. The second kappa shape index (κ2) is 6.75. The lowest BCUT2D eigenvalue weighted by atomic mass is 10.1. The minimum Gasteiger partial charge on any atom is -0.504 e. The third-order valence-corrected chi connectivity index (χ3v) is 5.36. The Morgan fingerprint density at radius 2 is 2.14 bits per heavy atom. The third-order valence-electron chi connectivity index (χ3n) is 4.67. The summed E-state index contributed by atoms with van der Waals surface area (Å²) < 4.78 is 7.36. The molecular weight excluding hydrogens is 430 g/mol. The molecule has 0 saturated carbocycles. The van der Waals surface area contributed by atoms with Crippen LogP contribution in [0, 0.1) is 10.1 Å². The zero-order chi connectivity index (χ0) is 20.0. The van der Waals surface area contributed by atoms with Crippen molar-refractivity contribution in [2.45, 2.75) is 13.0 Å². The molecule has 0 fully saturated rings. The number of phenols is 1. The molecule has 28 heavy (non-hydrogen) atoms. The highest BCUT2D eigenvalue weighted by Gasteiger charge is 2.22. The number of hydrogen-bond donors (Lipinski definition) is 1. The standard InChI is InChI=1S/C19H14BrN3O5/c1-28-17-7-11(14(20)9-16(17)24)6-10-4-5-22-18(10)21-15-3-2-12(23(26)27)8-13(15)19(22)25/h2-3,6-9,24H,4-5H2,1H3/b10-6+. The van der Waals surface area contributed by atoms with E-state index in [1.165, 1.54) is 29.9 Å². The average Bonchev–Trinajstić information content (AvgIpc) is 3.06. The molecule has 4 rings (SSSR count). The quantitative estimate of drug-likeness (QED) is 0.488. The molecule has 9 heteroatoms. The van der Waals surface area contributed by atoms with E-state index < -0.39 is 4.92 Å². The monoisotopic (exact) mass is 443 g/mol. The van der Waals surface area contributed by atoms with Gasteiger partial charge in [-0.05, 0) is 41.8 Å². The van der Waals surface area contributed by atoms with E-state index in [0.717, 1.165) is 11.1 Å². The van der Waals surface area contributed by atoms with Crippen molar-refractivity contribution >= 4 is 44.2 Å². The van der Waals surface area contributed by atoms with Gasteiger partial charge in [0.2, 0.25) is 0 Å². The number of aromatic hydroxyl groups is 1. The molecule has 1 N–H and O–H groups in total. The van der Waals surface area contributed by atoms with Gasteiger partial charge in [-0.15, -0.1) is 0 Å². The smallest absolute Gasteiger partial charge is 0.270 e. The van der Waals surface area contributed by atoms with E-state index in [1.54, 1.807) is 12.1 Å². The number of benzene rings is 2. The fourth-order valence-electron chi connectivity index (χ4n) is 3.28. The van der Waals surface area contributed by atoms with Crippen LogP contribution in [0.3, 0.4) is 0 Å². The molecule has 1 aromatic heterocycles. The van der Waals surface area contributed by atoms with Crippen LogP contribution in [0.5, 0.6) is 11.5 Å². The Labute approximate surface area is 167 Å². The Bertz CT molecular complexity index is 1230. The van der Waals surface area contributed by atoms with Crippen molar-refractivity contribution in [2.75, 3.05) is 7.11 Å². The van der Waals surface area contributed by atoms with Crippen molar-refractivity contribution in [3.63, 3.8) is 0 Å².